The molecule has 0 aliphatic heterocycles. The average molecular weight is 221 g/mol. The molecule has 0 rings (SSSR count). The molecule has 3 heteroatoms. The third-order valence-corrected chi connectivity index (χ3v) is 4.24. The Kier molecular flexibility index (Phi) is 5.26. The van der Waals surface area contributed by atoms with Crippen LogP contribution in [-0.2, 0) is 4.43 Å². The minimum absolute atomic E-state index is 0.243. The van der Waals surface area contributed by atoms with E-state index in [-0.39, 0.29) is 6.10 Å². The van der Waals surface area contributed by atoms with E-state index in [4.69, 9.17) is 15.5 Å². The molecule has 0 heterocycles. The minimum Gasteiger partial charge on any atom is -0.397 e. The Morgan fingerprint density at radius 3 is 1.85 bits per heavy atom. The van der Waals surface area contributed by atoms with E-state index in [1.807, 2.05) is 6.55 Å². The molecular formula is C10H21ClOSi. The molecule has 0 radical (unpaired) electrons. The monoisotopic (exact) mass is 220 g/mol. The van der Waals surface area contributed by atoms with Gasteiger partial charge in [-0.05, 0) is 18.4 Å². The van der Waals surface area contributed by atoms with Crippen LogP contribution >= 0.6 is 11.1 Å². The summed E-state index contributed by atoms with van der Waals surface area (Å²) in [6.07, 6.45) is 0.243. The first kappa shape index (κ1) is 13.2. The second kappa shape index (κ2) is 5.18. The van der Waals surface area contributed by atoms with E-state index in [2.05, 4.69) is 34.3 Å². The Morgan fingerprint density at radius 2 is 1.62 bits per heavy atom. The van der Waals surface area contributed by atoms with E-state index < -0.39 is 7.63 Å². The van der Waals surface area contributed by atoms with Crippen LogP contribution in [0.2, 0.25) is 6.55 Å². The summed E-state index contributed by atoms with van der Waals surface area (Å²) >= 11 is 6.20. The molecule has 0 aliphatic rings. The van der Waals surface area contributed by atoms with Crippen molar-refractivity contribution in [2.75, 3.05) is 0 Å². The maximum atomic E-state index is 6.20. The van der Waals surface area contributed by atoms with Gasteiger partial charge >= 0.3 is 7.63 Å². The van der Waals surface area contributed by atoms with Crippen molar-refractivity contribution in [2.45, 2.75) is 40.3 Å². The smallest absolute Gasteiger partial charge is 0.311 e. The van der Waals surface area contributed by atoms with Crippen molar-refractivity contribution in [1.82, 2.24) is 0 Å². The second-order valence-corrected chi connectivity index (χ2v) is 9.13. The fourth-order valence-electron chi connectivity index (χ4n) is 1.36. The summed E-state index contributed by atoms with van der Waals surface area (Å²) in [5.41, 5.74) is 1.77. The van der Waals surface area contributed by atoms with E-state index in [1.165, 1.54) is 0 Å². The lowest BCUT2D eigenvalue weighted by molar-refractivity contribution is 0.103. The van der Waals surface area contributed by atoms with E-state index in [9.17, 15) is 0 Å². The summed E-state index contributed by atoms with van der Waals surface area (Å²) in [5, 5.41) is 0. The van der Waals surface area contributed by atoms with Crippen molar-refractivity contribution in [3.05, 3.63) is 12.3 Å². The van der Waals surface area contributed by atoms with Crippen LogP contribution in [-0.4, -0.2) is 13.7 Å². The molecule has 78 valence electrons. The largest absolute Gasteiger partial charge is 0.397 e. The van der Waals surface area contributed by atoms with Crippen LogP contribution in [0.1, 0.15) is 27.7 Å². The normalized spacial score (nSPS) is 16.7. The molecule has 0 aromatic rings. The Balaban J connectivity index is 4.34. The molecule has 0 saturated carbocycles. The van der Waals surface area contributed by atoms with E-state index >= 15 is 0 Å². The van der Waals surface area contributed by atoms with Crippen LogP contribution in [0.25, 0.3) is 0 Å². The molecule has 0 saturated heterocycles. The summed E-state index contributed by atoms with van der Waals surface area (Å²) in [6, 6.07) is 0. The van der Waals surface area contributed by atoms with Crippen LogP contribution in [0.15, 0.2) is 12.3 Å². The second-order valence-electron chi connectivity index (χ2n) is 4.26. The fraction of sp³-hybridized carbons (Fsp3) is 0.800. The fourth-order valence-corrected chi connectivity index (χ4v) is 2.84. The molecule has 1 atom stereocenters. The number of hydrogen-bond acceptors (Lipinski definition) is 1. The third-order valence-electron chi connectivity index (χ3n) is 2.05. The Labute approximate surface area is 88.0 Å². The zero-order chi connectivity index (χ0) is 10.6. The first-order chi connectivity index (χ1) is 5.80. The zero-order valence-corrected chi connectivity index (χ0v) is 11.1. The van der Waals surface area contributed by atoms with Crippen molar-refractivity contribution in [3.8, 4) is 0 Å². The molecule has 13 heavy (non-hydrogen) atoms. The van der Waals surface area contributed by atoms with Gasteiger partial charge in [0.05, 0.1) is 6.10 Å². The van der Waals surface area contributed by atoms with Crippen LogP contribution in [0.3, 0.4) is 0 Å². The molecule has 0 bridgehead atoms. The first-order valence-electron chi connectivity index (χ1n) is 4.80. The Hall–Kier alpha value is 0.207. The predicted molar refractivity (Wildman–Crippen MR) is 62.2 cm³/mol. The van der Waals surface area contributed by atoms with Gasteiger partial charge in [0.1, 0.15) is 0 Å². The number of rotatable bonds is 5. The van der Waals surface area contributed by atoms with Gasteiger partial charge in [-0.25, -0.2) is 0 Å². The van der Waals surface area contributed by atoms with Gasteiger partial charge in [0.15, 0.2) is 0 Å². The van der Waals surface area contributed by atoms with Gasteiger partial charge in [-0.2, -0.15) is 0 Å². The summed E-state index contributed by atoms with van der Waals surface area (Å²) < 4.78 is 5.90. The van der Waals surface area contributed by atoms with Crippen LogP contribution in [0.5, 0.6) is 0 Å². The van der Waals surface area contributed by atoms with Gasteiger partial charge < -0.3 is 4.43 Å². The lowest BCUT2D eigenvalue weighted by Crippen LogP contribution is -2.37. The van der Waals surface area contributed by atoms with E-state index in [0.717, 1.165) is 0 Å². The van der Waals surface area contributed by atoms with E-state index in [0.29, 0.717) is 11.8 Å². The number of halogens is 1. The van der Waals surface area contributed by atoms with Gasteiger partial charge in [0, 0.05) is 0 Å². The van der Waals surface area contributed by atoms with Crippen LogP contribution < -0.4 is 0 Å². The first-order valence-corrected chi connectivity index (χ1v) is 8.30. The lowest BCUT2D eigenvalue weighted by atomic mass is 9.97. The molecule has 0 N–H and O–H groups in total. The lowest BCUT2D eigenvalue weighted by Gasteiger charge is -2.30. The van der Waals surface area contributed by atoms with Crippen molar-refractivity contribution in [1.29, 1.82) is 0 Å². The highest BCUT2D eigenvalue weighted by Gasteiger charge is 2.29. The maximum Gasteiger partial charge on any atom is 0.311 e. The van der Waals surface area contributed by atoms with Crippen LogP contribution in [0, 0.1) is 11.8 Å². The van der Waals surface area contributed by atoms with Gasteiger partial charge in [-0.1, -0.05) is 33.4 Å². The molecule has 0 fully saturated rings. The summed E-state index contributed by atoms with van der Waals surface area (Å²) in [7, 11) is -2.13. The third kappa shape index (κ3) is 4.84. The molecule has 0 spiro atoms. The summed E-state index contributed by atoms with van der Waals surface area (Å²) in [6.45, 7) is 14.3. The van der Waals surface area contributed by atoms with Crippen molar-refractivity contribution in [2.24, 2.45) is 11.8 Å². The van der Waals surface area contributed by atoms with Gasteiger partial charge in [-0.15, -0.1) is 17.7 Å². The topological polar surface area (TPSA) is 9.23 Å². The van der Waals surface area contributed by atoms with Gasteiger partial charge in [-0.3, -0.25) is 0 Å². The molecule has 1 nitrogen and oxygen atoms in total. The quantitative estimate of drug-likeness (QED) is 0.507. The molecule has 1 unspecified atom stereocenters. The number of hydrogen-bond donors (Lipinski definition) is 0. The highest BCUT2D eigenvalue weighted by Crippen LogP contribution is 2.23. The van der Waals surface area contributed by atoms with Crippen molar-refractivity contribution < 1.29 is 4.43 Å². The summed E-state index contributed by atoms with van der Waals surface area (Å²) in [5.74, 6) is 1.01. The van der Waals surface area contributed by atoms with Crippen LogP contribution in [0.4, 0.5) is 0 Å². The standard InChI is InChI=1S/C10H21ClOSi/c1-7-13(6,11)12-10(8(2)3)9(4)5/h7-10H,1H2,2-6H3. The molecular weight excluding hydrogens is 200 g/mol. The zero-order valence-electron chi connectivity index (χ0n) is 9.30. The van der Waals surface area contributed by atoms with Gasteiger partial charge in [0.2, 0.25) is 0 Å². The minimum atomic E-state index is -2.13. The average Bonchev–Trinajstić information content (AvgIpc) is 1.99. The van der Waals surface area contributed by atoms with Crippen molar-refractivity contribution in [3.63, 3.8) is 0 Å². The molecule has 0 aromatic heterocycles. The highest BCUT2D eigenvalue weighted by atomic mass is 35.6. The SMILES string of the molecule is C=C[Si](C)(Cl)OC(C(C)C)C(C)C. The summed E-state index contributed by atoms with van der Waals surface area (Å²) in [4.78, 5) is 0. The highest BCUT2D eigenvalue weighted by molar-refractivity contribution is 7.18. The molecule has 0 aliphatic carbocycles. The maximum absolute atomic E-state index is 6.20. The molecule has 0 aromatic carbocycles. The predicted octanol–water partition coefficient (Wildman–Crippen LogP) is 3.72. The Bertz CT molecular complexity index is 158. The van der Waals surface area contributed by atoms with Crippen molar-refractivity contribution >= 4 is 18.7 Å². The Morgan fingerprint density at radius 1 is 1.23 bits per heavy atom. The molecule has 0 amide bonds. The van der Waals surface area contributed by atoms with Gasteiger partial charge in [0.25, 0.3) is 0 Å². The van der Waals surface area contributed by atoms with E-state index in [1.54, 1.807) is 5.70 Å².